The lowest BCUT2D eigenvalue weighted by Crippen LogP contribution is -2.35. The molecule has 0 N–H and O–H groups in total. The van der Waals surface area contributed by atoms with E-state index in [0.29, 0.717) is 23.7 Å². The smallest absolute Gasteiger partial charge is 0.315 e. The van der Waals surface area contributed by atoms with Gasteiger partial charge in [0.1, 0.15) is 12.7 Å². The Kier molecular flexibility index (Phi) is 6.63. The second-order valence-electron chi connectivity index (χ2n) is 9.46. The highest BCUT2D eigenvalue weighted by molar-refractivity contribution is 6.01. The van der Waals surface area contributed by atoms with Gasteiger partial charge in [0.25, 0.3) is 0 Å². The molecule has 0 saturated heterocycles. The van der Waals surface area contributed by atoms with Crippen molar-refractivity contribution in [2.24, 2.45) is 5.41 Å². The Morgan fingerprint density at radius 1 is 0.970 bits per heavy atom. The summed E-state index contributed by atoms with van der Waals surface area (Å²) in [7, 11) is 3.14. The maximum atomic E-state index is 12.8. The van der Waals surface area contributed by atoms with Crippen LogP contribution in [0.4, 0.5) is 0 Å². The van der Waals surface area contributed by atoms with Gasteiger partial charge in [0.05, 0.1) is 19.6 Å². The first kappa shape index (κ1) is 23.1. The van der Waals surface area contributed by atoms with Crippen LogP contribution in [0.15, 0.2) is 30.3 Å². The Balaban J connectivity index is 1.63. The quantitative estimate of drug-likeness (QED) is 0.500. The van der Waals surface area contributed by atoms with Crippen molar-refractivity contribution in [1.82, 2.24) is 0 Å². The Morgan fingerprint density at radius 3 is 2.39 bits per heavy atom. The summed E-state index contributed by atoms with van der Waals surface area (Å²) < 4.78 is 23.1. The van der Waals surface area contributed by atoms with Gasteiger partial charge >= 0.3 is 5.97 Å². The van der Waals surface area contributed by atoms with E-state index in [0.717, 1.165) is 54.4 Å². The minimum absolute atomic E-state index is 0.00724. The first-order valence-corrected chi connectivity index (χ1v) is 11.6. The van der Waals surface area contributed by atoms with Gasteiger partial charge in [-0.15, -0.1) is 0 Å². The van der Waals surface area contributed by atoms with Crippen molar-refractivity contribution in [2.45, 2.75) is 58.5 Å². The summed E-state index contributed by atoms with van der Waals surface area (Å²) in [6.07, 6.45) is 5.36. The molecule has 2 aliphatic rings. The molecule has 0 spiro atoms. The summed E-state index contributed by atoms with van der Waals surface area (Å²) in [4.78, 5) is 24.9. The van der Waals surface area contributed by atoms with Crippen molar-refractivity contribution in [1.29, 1.82) is 0 Å². The minimum Gasteiger partial charge on any atom is -0.493 e. The van der Waals surface area contributed by atoms with Gasteiger partial charge in [-0.05, 0) is 69.2 Å². The fourth-order valence-corrected chi connectivity index (χ4v) is 4.52. The van der Waals surface area contributed by atoms with Crippen molar-refractivity contribution < 1.29 is 28.5 Å². The number of ketones is 1. The summed E-state index contributed by atoms with van der Waals surface area (Å²) in [5.74, 6) is 1.44. The highest BCUT2D eigenvalue weighted by Gasteiger charge is 2.34. The van der Waals surface area contributed by atoms with Crippen LogP contribution >= 0.6 is 0 Å². The first-order valence-electron chi connectivity index (χ1n) is 11.6. The molecule has 2 aromatic carbocycles. The van der Waals surface area contributed by atoms with Crippen LogP contribution in [-0.2, 0) is 16.0 Å². The number of ether oxygens (including phenoxy) is 4. The highest BCUT2D eigenvalue weighted by atomic mass is 16.6. The number of esters is 1. The zero-order valence-electron chi connectivity index (χ0n) is 19.9. The lowest BCUT2D eigenvalue weighted by atomic mass is 9.94. The molecular formula is C27H32O6. The van der Waals surface area contributed by atoms with Crippen LogP contribution in [0.5, 0.6) is 17.2 Å². The van der Waals surface area contributed by atoms with E-state index in [1.165, 1.54) is 0 Å². The van der Waals surface area contributed by atoms with Crippen LogP contribution in [0.3, 0.4) is 0 Å². The Labute approximate surface area is 195 Å². The number of benzene rings is 2. The molecule has 6 heteroatoms. The Morgan fingerprint density at radius 2 is 1.70 bits per heavy atom. The lowest BCUT2D eigenvalue weighted by molar-refractivity contribution is -0.161. The van der Waals surface area contributed by atoms with E-state index >= 15 is 0 Å². The summed E-state index contributed by atoms with van der Waals surface area (Å²) in [5.41, 5.74) is 2.73. The Hall–Kier alpha value is -3.02. The fourth-order valence-electron chi connectivity index (χ4n) is 4.52. The number of rotatable bonds is 8. The summed E-state index contributed by atoms with van der Waals surface area (Å²) in [5, 5.41) is 0. The van der Waals surface area contributed by atoms with Crippen molar-refractivity contribution in [3.05, 3.63) is 41.5 Å². The number of hydrogen-bond acceptors (Lipinski definition) is 6. The standard InChI is InChI=1S/C27H32O6/c1-27(2,26(29)33-19-7-5-6-8-19)16-32-24-21(12-14-23(30-3)25(24)31-4)18-9-11-20-17(15-18)10-13-22(20)28/h9,11-12,14-15,19H,5-8,10,13,16H2,1-4H3. The van der Waals surface area contributed by atoms with Gasteiger partial charge in [0.2, 0.25) is 5.75 Å². The van der Waals surface area contributed by atoms with E-state index in [4.69, 9.17) is 18.9 Å². The molecule has 4 rings (SSSR count). The van der Waals surface area contributed by atoms with Gasteiger partial charge in [-0.2, -0.15) is 0 Å². The number of methoxy groups -OCH3 is 2. The third-order valence-corrected chi connectivity index (χ3v) is 6.54. The van der Waals surface area contributed by atoms with Crippen LogP contribution in [-0.4, -0.2) is 38.7 Å². The third-order valence-electron chi connectivity index (χ3n) is 6.54. The molecule has 2 aliphatic carbocycles. The second-order valence-corrected chi connectivity index (χ2v) is 9.46. The molecule has 0 radical (unpaired) electrons. The number of fused-ring (bicyclic) bond motifs is 1. The molecule has 0 atom stereocenters. The molecule has 0 aromatic heterocycles. The van der Waals surface area contributed by atoms with E-state index in [1.807, 2.05) is 44.2 Å². The van der Waals surface area contributed by atoms with Gasteiger partial charge in [-0.25, -0.2) is 0 Å². The SMILES string of the molecule is COc1ccc(-c2ccc3c(c2)CCC3=O)c(OCC(C)(C)C(=O)OC2CCCC2)c1OC. The molecule has 6 nitrogen and oxygen atoms in total. The van der Waals surface area contributed by atoms with Gasteiger partial charge in [0, 0.05) is 17.5 Å². The third kappa shape index (κ3) is 4.70. The lowest BCUT2D eigenvalue weighted by Gasteiger charge is -2.26. The van der Waals surface area contributed by atoms with Crippen LogP contribution in [0.1, 0.15) is 61.9 Å². The van der Waals surface area contributed by atoms with Crippen molar-refractivity contribution in [2.75, 3.05) is 20.8 Å². The summed E-state index contributed by atoms with van der Waals surface area (Å²) in [6.45, 7) is 3.79. The van der Waals surface area contributed by atoms with Crippen molar-refractivity contribution in [3.8, 4) is 28.4 Å². The van der Waals surface area contributed by atoms with E-state index in [-0.39, 0.29) is 24.5 Å². The molecule has 0 heterocycles. The highest BCUT2D eigenvalue weighted by Crippen LogP contribution is 2.45. The number of hydrogen-bond donors (Lipinski definition) is 0. The molecule has 1 saturated carbocycles. The number of carbonyl (C=O) groups is 2. The maximum Gasteiger partial charge on any atom is 0.315 e. The maximum absolute atomic E-state index is 12.8. The Bertz CT molecular complexity index is 1050. The predicted molar refractivity (Wildman–Crippen MR) is 125 cm³/mol. The van der Waals surface area contributed by atoms with Crippen molar-refractivity contribution >= 4 is 11.8 Å². The van der Waals surface area contributed by atoms with Crippen LogP contribution in [0, 0.1) is 5.41 Å². The molecule has 176 valence electrons. The first-order chi connectivity index (χ1) is 15.8. The normalized spacial score (nSPS) is 15.9. The van der Waals surface area contributed by atoms with Crippen molar-refractivity contribution in [3.63, 3.8) is 0 Å². The van der Waals surface area contributed by atoms with E-state index in [1.54, 1.807) is 14.2 Å². The van der Waals surface area contributed by atoms with Crippen LogP contribution in [0.25, 0.3) is 11.1 Å². The molecular weight excluding hydrogens is 420 g/mol. The largest absolute Gasteiger partial charge is 0.493 e. The number of aryl methyl sites for hydroxylation is 1. The topological polar surface area (TPSA) is 71.1 Å². The average molecular weight is 453 g/mol. The van der Waals surface area contributed by atoms with E-state index in [2.05, 4.69) is 0 Å². The minimum atomic E-state index is -0.835. The molecule has 0 unspecified atom stereocenters. The zero-order valence-corrected chi connectivity index (χ0v) is 19.9. The van der Waals surface area contributed by atoms with Gasteiger partial charge in [-0.3, -0.25) is 9.59 Å². The van der Waals surface area contributed by atoms with Crippen LogP contribution in [0.2, 0.25) is 0 Å². The van der Waals surface area contributed by atoms with Gasteiger partial charge in [0.15, 0.2) is 17.3 Å². The molecule has 33 heavy (non-hydrogen) atoms. The summed E-state index contributed by atoms with van der Waals surface area (Å²) in [6, 6.07) is 9.59. The monoisotopic (exact) mass is 452 g/mol. The fraction of sp³-hybridized carbons (Fsp3) is 0.481. The number of carbonyl (C=O) groups excluding carboxylic acids is 2. The molecule has 0 bridgehead atoms. The van der Waals surface area contributed by atoms with Gasteiger partial charge in [-0.1, -0.05) is 18.2 Å². The average Bonchev–Trinajstić information content (AvgIpc) is 3.46. The molecule has 2 aromatic rings. The van der Waals surface area contributed by atoms with E-state index < -0.39 is 5.41 Å². The zero-order chi connectivity index (χ0) is 23.6. The van der Waals surface area contributed by atoms with Gasteiger partial charge < -0.3 is 18.9 Å². The second kappa shape index (κ2) is 9.46. The number of Topliss-reactive ketones (excluding diaryl/α,β-unsaturated/α-hetero) is 1. The molecule has 0 aliphatic heterocycles. The predicted octanol–water partition coefficient (Wildman–Crippen LogP) is 5.39. The van der Waals surface area contributed by atoms with E-state index in [9.17, 15) is 9.59 Å². The molecule has 0 amide bonds. The summed E-state index contributed by atoms with van der Waals surface area (Å²) >= 11 is 0. The van der Waals surface area contributed by atoms with Crippen LogP contribution < -0.4 is 14.2 Å². The molecule has 1 fully saturated rings.